The summed E-state index contributed by atoms with van der Waals surface area (Å²) >= 11 is 0. The predicted octanol–water partition coefficient (Wildman–Crippen LogP) is 3.68. The van der Waals surface area contributed by atoms with Crippen LogP contribution in [0.15, 0.2) is 78.9 Å². The number of benzene rings is 3. The number of carbonyl (C=O) groups excluding carboxylic acids is 4. The molecule has 178 valence electrons. The number of carbonyl (C=O) groups is 4. The number of nitrogens with one attached hydrogen (secondary N) is 3. The van der Waals surface area contributed by atoms with E-state index in [9.17, 15) is 19.2 Å². The van der Waals surface area contributed by atoms with Gasteiger partial charge in [-0.1, -0.05) is 44.2 Å². The Balaban J connectivity index is 1.45. The molecule has 1 heterocycles. The average Bonchev–Trinajstić information content (AvgIpc) is 2.86. The normalized spacial score (nSPS) is 13.5. The van der Waals surface area contributed by atoms with Gasteiger partial charge in [0.05, 0.1) is 11.4 Å². The predicted molar refractivity (Wildman–Crippen MR) is 134 cm³/mol. The number of hydrogen-bond acceptors (Lipinski definition) is 4. The van der Waals surface area contributed by atoms with Crippen molar-refractivity contribution < 1.29 is 19.2 Å². The van der Waals surface area contributed by atoms with Crippen LogP contribution in [0.1, 0.15) is 34.6 Å². The summed E-state index contributed by atoms with van der Waals surface area (Å²) in [5.74, 6) is -1.41. The molecule has 1 atom stereocenters. The minimum Gasteiger partial charge on any atom is -0.340 e. The Morgan fingerprint density at radius 1 is 0.857 bits per heavy atom. The molecule has 3 N–H and O–H groups in total. The third kappa shape index (κ3) is 5.38. The van der Waals surface area contributed by atoms with Crippen molar-refractivity contribution in [2.75, 3.05) is 22.1 Å². The van der Waals surface area contributed by atoms with E-state index in [1.165, 1.54) is 4.90 Å². The van der Waals surface area contributed by atoms with Crippen molar-refractivity contribution in [2.45, 2.75) is 19.9 Å². The second-order valence-corrected chi connectivity index (χ2v) is 8.58. The zero-order valence-electron chi connectivity index (χ0n) is 19.4. The highest BCUT2D eigenvalue weighted by atomic mass is 16.2. The van der Waals surface area contributed by atoms with Crippen LogP contribution in [-0.4, -0.2) is 36.2 Å². The Labute approximate surface area is 203 Å². The van der Waals surface area contributed by atoms with Crippen LogP contribution in [0.3, 0.4) is 0 Å². The summed E-state index contributed by atoms with van der Waals surface area (Å²) in [6, 6.07) is 21.5. The molecule has 0 spiro atoms. The summed E-state index contributed by atoms with van der Waals surface area (Å²) < 4.78 is 0. The van der Waals surface area contributed by atoms with E-state index in [2.05, 4.69) is 16.0 Å². The van der Waals surface area contributed by atoms with Crippen molar-refractivity contribution in [2.24, 2.45) is 5.92 Å². The number of hydrogen-bond donors (Lipinski definition) is 3. The second-order valence-electron chi connectivity index (χ2n) is 8.58. The van der Waals surface area contributed by atoms with Crippen LogP contribution in [0.25, 0.3) is 0 Å². The number of fused-ring (bicyclic) bond motifs is 1. The van der Waals surface area contributed by atoms with E-state index >= 15 is 0 Å². The first-order valence-electron chi connectivity index (χ1n) is 11.3. The summed E-state index contributed by atoms with van der Waals surface area (Å²) in [6.07, 6.45) is 0. The van der Waals surface area contributed by atoms with E-state index < -0.39 is 6.04 Å². The second kappa shape index (κ2) is 10.2. The van der Waals surface area contributed by atoms with Crippen LogP contribution in [0.4, 0.5) is 17.1 Å². The van der Waals surface area contributed by atoms with Gasteiger partial charge in [0.15, 0.2) is 0 Å². The zero-order valence-corrected chi connectivity index (χ0v) is 19.4. The quantitative estimate of drug-likeness (QED) is 0.511. The highest BCUT2D eigenvalue weighted by molar-refractivity contribution is 6.15. The van der Waals surface area contributed by atoms with E-state index in [1.54, 1.807) is 72.8 Å². The molecule has 0 aliphatic carbocycles. The largest absolute Gasteiger partial charge is 0.340 e. The maximum absolute atomic E-state index is 13.1. The highest BCUT2D eigenvalue weighted by Gasteiger charge is 2.28. The molecule has 0 radical (unpaired) electrons. The average molecular weight is 471 g/mol. The van der Waals surface area contributed by atoms with Crippen molar-refractivity contribution in [1.29, 1.82) is 0 Å². The van der Waals surface area contributed by atoms with Gasteiger partial charge in [0, 0.05) is 16.8 Å². The molecule has 0 saturated carbocycles. The molecule has 0 aromatic heterocycles. The molecule has 3 aromatic rings. The fourth-order valence-electron chi connectivity index (χ4n) is 3.84. The molecule has 0 fully saturated rings. The lowest BCUT2D eigenvalue weighted by Gasteiger charge is -2.29. The Bertz CT molecular complexity index is 1260. The van der Waals surface area contributed by atoms with E-state index in [0.29, 0.717) is 28.2 Å². The molecule has 1 aliphatic rings. The van der Waals surface area contributed by atoms with Gasteiger partial charge in [-0.15, -0.1) is 0 Å². The van der Waals surface area contributed by atoms with Gasteiger partial charge in [-0.2, -0.15) is 0 Å². The van der Waals surface area contributed by atoms with E-state index in [1.807, 2.05) is 19.9 Å². The molecule has 0 saturated heterocycles. The van der Waals surface area contributed by atoms with E-state index in [-0.39, 0.29) is 36.1 Å². The molecule has 4 rings (SSSR count). The minimum absolute atomic E-state index is 0.0779. The van der Waals surface area contributed by atoms with Gasteiger partial charge in [-0.25, -0.2) is 0 Å². The van der Waals surface area contributed by atoms with Gasteiger partial charge < -0.3 is 16.0 Å². The molecular weight excluding hydrogens is 444 g/mol. The van der Waals surface area contributed by atoms with Crippen LogP contribution in [0.5, 0.6) is 0 Å². The van der Waals surface area contributed by atoms with Crippen molar-refractivity contribution in [3.8, 4) is 0 Å². The fourth-order valence-corrected chi connectivity index (χ4v) is 3.84. The number of rotatable bonds is 6. The lowest BCUT2D eigenvalue weighted by atomic mass is 10.0. The number of anilines is 3. The lowest BCUT2D eigenvalue weighted by Crippen LogP contribution is -2.47. The van der Waals surface area contributed by atoms with E-state index in [4.69, 9.17) is 0 Å². The highest BCUT2D eigenvalue weighted by Crippen LogP contribution is 2.30. The lowest BCUT2D eigenvalue weighted by molar-refractivity contribution is -0.119. The standard InChI is InChI=1S/C27H26N4O4/c1-17(2)24(30-25(33)18-8-4-3-5-9-18)26(34)28-20-14-12-19(13-15-20)27(35)31-16-23(32)29-21-10-6-7-11-22(21)31/h3-15,17,24H,16H2,1-2H3,(H,28,34)(H,29,32)(H,30,33). The van der Waals surface area contributed by atoms with Crippen LogP contribution in [0, 0.1) is 5.92 Å². The van der Waals surface area contributed by atoms with Crippen molar-refractivity contribution in [3.05, 3.63) is 90.0 Å². The van der Waals surface area contributed by atoms with Gasteiger partial charge >= 0.3 is 0 Å². The molecule has 8 heteroatoms. The Hall–Kier alpha value is -4.46. The summed E-state index contributed by atoms with van der Waals surface area (Å²) in [5, 5.41) is 8.36. The van der Waals surface area contributed by atoms with Crippen molar-refractivity contribution in [1.82, 2.24) is 5.32 Å². The first kappa shape index (κ1) is 23.7. The molecule has 0 bridgehead atoms. The van der Waals surface area contributed by atoms with E-state index in [0.717, 1.165) is 0 Å². The Morgan fingerprint density at radius 3 is 2.20 bits per heavy atom. The molecule has 35 heavy (non-hydrogen) atoms. The summed E-state index contributed by atoms with van der Waals surface area (Å²) in [7, 11) is 0. The topological polar surface area (TPSA) is 108 Å². The first-order chi connectivity index (χ1) is 16.8. The van der Waals surface area contributed by atoms with Gasteiger partial charge in [-0.05, 0) is 54.4 Å². The molecule has 3 aromatic carbocycles. The third-order valence-electron chi connectivity index (χ3n) is 5.69. The number of nitrogens with zero attached hydrogens (tertiary/aromatic N) is 1. The van der Waals surface area contributed by atoms with Gasteiger partial charge in [0.25, 0.3) is 11.8 Å². The molecule has 1 aliphatic heterocycles. The molecule has 8 nitrogen and oxygen atoms in total. The first-order valence-corrected chi connectivity index (χ1v) is 11.3. The van der Waals surface area contributed by atoms with Crippen LogP contribution in [-0.2, 0) is 9.59 Å². The zero-order chi connectivity index (χ0) is 24.9. The smallest absolute Gasteiger partial charge is 0.258 e. The van der Waals surface area contributed by atoms with Gasteiger partial charge in [-0.3, -0.25) is 24.1 Å². The number of amides is 4. The maximum atomic E-state index is 13.1. The molecule has 1 unspecified atom stereocenters. The van der Waals surface area contributed by atoms with Crippen molar-refractivity contribution >= 4 is 40.7 Å². The van der Waals surface area contributed by atoms with Crippen LogP contribution < -0.4 is 20.9 Å². The summed E-state index contributed by atoms with van der Waals surface area (Å²) in [4.78, 5) is 52.0. The van der Waals surface area contributed by atoms with Gasteiger partial charge in [0.1, 0.15) is 12.6 Å². The fraction of sp³-hybridized carbons (Fsp3) is 0.185. The third-order valence-corrected chi connectivity index (χ3v) is 5.69. The molecule has 4 amide bonds. The maximum Gasteiger partial charge on any atom is 0.258 e. The Morgan fingerprint density at radius 2 is 1.51 bits per heavy atom. The Kier molecular flexibility index (Phi) is 6.91. The minimum atomic E-state index is -0.743. The van der Waals surface area contributed by atoms with Crippen molar-refractivity contribution in [3.63, 3.8) is 0 Å². The SMILES string of the molecule is CC(C)C(NC(=O)c1ccccc1)C(=O)Nc1ccc(C(=O)N2CC(=O)Nc3ccccc32)cc1. The van der Waals surface area contributed by atoms with Gasteiger partial charge in [0.2, 0.25) is 11.8 Å². The van der Waals surface area contributed by atoms with Crippen LogP contribution in [0.2, 0.25) is 0 Å². The number of para-hydroxylation sites is 2. The summed E-state index contributed by atoms with van der Waals surface area (Å²) in [6.45, 7) is 3.62. The van der Waals surface area contributed by atoms with Crippen LogP contribution >= 0.6 is 0 Å². The molecular formula is C27H26N4O4. The summed E-state index contributed by atoms with van der Waals surface area (Å²) in [5.41, 5.74) is 2.55. The monoisotopic (exact) mass is 470 g/mol.